The molecule has 2 rings (SSSR count). The highest BCUT2D eigenvalue weighted by Crippen LogP contribution is 2.18. The minimum Gasteiger partial charge on any atom is -0.381 e. The Balaban J connectivity index is 2.06. The second-order valence-electron chi connectivity index (χ2n) is 4.20. The molecule has 2 N–H and O–H groups in total. The largest absolute Gasteiger partial charge is 0.381 e. The van der Waals surface area contributed by atoms with Gasteiger partial charge in [0, 0.05) is 29.3 Å². The maximum Gasteiger partial charge on any atom is 0.221 e. The van der Waals surface area contributed by atoms with E-state index in [0.29, 0.717) is 6.54 Å². The van der Waals surface area contributed by atoms with Gasteiger partial charge in [0.15, 0.2) is 0 Å². The van der Waals surface area contributed by atoms with Gasteiger partial charge in [-0.2, -0.15) is 0 Å². The first-order valence-corrected chi connectivity index (χ1v) is 6.79. The zero-order valence-electron chi connectivity index (χ0n) is 10.6. The Morgan fingerprint density at radius 2 is 1.79 bits per heavy atom. The van der Waals surface area contributed by atoms with Crippen molar-refractivity contribution >= 4 is 33.2 Å². The van der Waals surface area contributed by atoms with E-state index in [9.17, 15) is 4.79 Å². The fourth-order valence-electron chi connectivity index (χ4n) is 1.75. The second-order valence-corrected chi connectivity index (χ2v) is 5.11. The lowest BCUT2D eigenvalue weighted by Gasteiger charge is -2.11. The quantitative estimate of drug-likeness (QED) is 0.894. The van der Waals surface area contributed by atoms with Crippen LogP contribution < -0.4 is 10.6 Å². The molecule has 3 nitrogen and oxygen atoms in total. The summed E-state index contributed by atoms with van der Waals surface area (Å²) in [5.41, 5.74) is 2.95. The Labute approximate surface area is 121 Å². The highest BCUT2D eigenvalue weighted by Gasteiger charge is 2.03. The summed E-state index contributed by atoms with van der Waals surface area (Å²) in [6.45, 7) is 2.18. The molecule has 0 radical (unpaired) electrons. The molecule has 0 aromatic heterocycles. The lowest BCUT2D eigenvalue weighted by Crippen LogP contribution is -2.10. The molecule has 0 fully saturated rings. The molecule has 0 heterocycles. The molecule has 19 heavy (non-hydrogen) atoms. The SMILES string of the molecule is CC(=O)Nc1ccccc1CNc1ccc(Br)cc1. The number of halogens is 1. The van der Waals surface area contributed by atoms with Crippen molar-refractivity contribution < 1.29 is 4.79 Å². The molecule has 4 heteroatoms. The fourth-order valence-corrected chi connectivity index (χ4v) is 2.02. The summed E-state index contributed by atoms with van der Waals surface area (Å²) in [5, 5.41) is 6.16. The first kappa shape index (κ1) is 13.6. The summed E-state index contributed by atoms with van der Waals surface area (Å²) in [6.07, 6.45) is 0. The average molecular weight is 319 g/mol. The van der Waals surface area contributed by atoms with Gasteiger partial charge in [0.05, 0.1) is 0 Å². The van der Waals surface area contributed by atoms with Crippen LogP contribution in [0.25, 0.3) is 0 Å². The molecule has 0 aliphatic heterocycles. The van der Waals surface area contributed by atoms with Crippen molar-refractivity contribution in [1.82, 2.24) is 0 Å². The highest BCUT2D eigenvalue weighted by molar-refractivity contribution is 9.10. The van der Waals surface area contributed by atoms with E-state index in [2.05, 4.69) is 26.6 Å². The van der Waals surface area contributed by atoms with Crippen LogP contribution in [0.2, 0.25) is 0 Å². The van der Waals surface area contributed by atoms with E-state index in [0.717, 1.165) is 21.4 Å². The normalized spacial score (nSPS) is 10.0. The van der Waals surface area contributed by atoms with Gasteiger partial charge in [-0.05, 0) is 35.9 Å². The number of rotatable bonds is 4. The third-order valence-electron chi connectivity index (χ3n) is 2.66. The van der Waals surface area contributed by atoms with E-state index in [1.54, 1.807) is 0 Å². The molecular weight excluding hydrogens is 304 g/mol. The first-order chi connectivity index (χ1) is 9.15. The van der Waals surface area contributed by atoms with Gasteiger partial charge in [-0.25, -0.2) is 0 Å². The minimum absolute atomic E-state index is 0.0592. The summed E-state index contributed by atoms with van der Waals surface area (Å²) in [5.74, 6) is -0.0592. The van der Waals surface area contributed by atoms with Gasteiger partial charge in [-0.15, -0.1) is 0 Å². The van der Waals surface area contributed by atoms with Crippen LogP contribution in [-0.4, -0.2) is 5.91 Å². The smallest absolute Gasteiger partial charge is 0.221 e. The second kappa shape index (κ2) is 6.38. The molecule has 0 unspecified atom stereocenters. The fraction of sp³-hybridized carbons (Fsp3) is 0.133. The summed E-state index contributed by atoms with van der Waals surface area (Å²) in [6, 6.07) is 15.8. The van der Waals surface area contributed by atoms with Crippen molar-refractivity contribution in [3.8, 4) is 0 Å². The van der Waals surface area contributed by atoms with Crippen molar-refractivity contribution in [3.63, 3.8) is 0 Å². The number of nitrogens with one attached hydrogen (secondary N) is 2. The van der Waals surface area contributed by atoms with Gasteiger partial charge in [-0.3, -0.25) is 4.79 Å². The van der Waals surface area contributed by atoms with E-state index in [1.807, 2.05) is 48.5 Å². The van der Waals surface area contributed by atoms with E-state index < -0.39 is 0 Å². The number of para-hydroxylation sites is 1. The van der Waals surface area contributed by atoms with Crippen LogP contribution in [0.15, 0.2) is 53.0 Å². The molecule has 0 aliphatic rings. The van der Waals surface area contributed by atoms with Gasteiger partial charge in [0.25, 0.3) is 0 Å². The summed E-state index contributed by atoms with van der Waals surface area (Å²) >= 11 is 3.40. The van der Waals surface area contributed by atoms with Crippen molar-refractivity contribution in [1.29, 1.82) is 0 Å². The molecule has 98 valence electrons. The van der Waals surface area contributed by atoms with Crippen molar-refractivity contribution in [2.24, 2.45) is 0 Å². The van der Waals surface area contributed by atoms with Gasteiger partial charge in [0.1, 0.15) is 0 Å². The number of benzene rings is 2. The van der Waals surface area contributed by atoms with Crippen LogP contribution in [0, 0.1) is 0 Å². The van der Waals surface area contributed by atoms with E-state index in [4.69, 9.17) is 0 Å². The number of hydrogen-bond donors (Lipinski definition) is 2. The third kappa shape index (κ3) is 4.10. The molecule has 2 aromatic carbocycles. The van der Waals surface area contributed by atoms with E-state index in [1.165, 1.54) is 6.92 Å². The van der Waals surface area contributed by atoms with Crippen molar-refractivity contribution in [3.05, 3.63) is 58.6 Å². The first-order valence-electron chi connectivity index (χ1n) is 6.00. The monoisotopic (exact) mass is 318 g/mol. The number of carbonyl (C=O) groups is 1. The Morgan fingerprint density at radius 3 is 2.47 bits per heavy atom. The third-order valence-corrected chi connectivity index (χ3v) is 3.18. The Kier molecular flexibility index (Phi) is 4.58. The Bertz CT molecular complexity index is 567. The molecule has 1 amide bonds. The van der Waals surface area contributed by atoms with Gasteiger partial charge in [0.2, 0.25) is 5.91 Å². The van der Waals surface area contributed by atoms with Crippen LogP contribution in [-0.2, 0) is 11.3 Å². The molecule has 0 aliphatic carbocycles. The summed E-state index contributed by atoms with van der Waals surface area (Å²) < 4.78 is 1.05. The molecular formula is C15H15BrN2O. The number of amides is 1. The van der Waals surface area contributed by atoms with Crippen molar-refractivity contribution in [2.45, 2.75) is 13.5 Å². The predicted molar refractivity (Wildman–Crippen MR) is 82.2 cm³/mol. The number of anilines is 2. The lowest BCUT2D eigenvalue weighted by molar-refractivity contribution is -0.114. The molecule has 0 saturated carbocycles. The van der Waals surface area contributed by atoms with E-state index in [-0.39, 0.29) is 5.91 Å². The number of hydrogen-bond acceptors (Lipinski definition) is 2. The van der Waals surface area contributed by atoms with Crippen LogP contribution >= 0.6 is 15.9 Å². The van der Waals surface area contributed by atoms with Crippen LogP contribution in [0.3, 0.4) is 0 Å². The zero-order valence-corrected chi connectivity index (χ0v) is 12.2. The minimum atomic E-state index is -0.0592. The Morgan fingerprint density at radius 1 is 1.11 bits per heavy atom. The molecule has 0 saturated heterocycles. The molecule has 0 bridgehead atoms. The maximum atomic E-state index is 11.1. The molecule has 2 aromatic rings. The molecule has 0 spiro atoms. The average Bonchev–Trinajstić information content (AvgIpc) is 2.39. The van der Waals surface area contributed by atoms with Crippen LogP contribution in [0.4, 0.5) is 11.4 Å². The zero-order chi connectivity index (χ0) is 13.7. The summed E-state index contributed by atoms with van der Waals surface area (Å²) in [4.78, 5) is 11.1. The molecule has 0 atom stereocenters. The van der Waals surface area contributed by atoms with Gasteiger partial charge >= 0.3 is 0 Å². The summed E-state index contributed by atoms with van der Waals surface area (Å²) in [7, 11) is 0. The highest BCUT2D eigenvalue weighted by atomic mass is 79.9. The topological polar surface area (TPSA) is 41.1 Å². The van der Waals surface area contributed by atoms with Crippen molar-refractivity contribution in [2.75, 3.05) is 10.6 Å². The lowest BCUT2D eigenvalue weighted by atomic mass is 10.1. The Hall–Kier alpha value is -1.81. The maximum absolute atomic E-state index is 11.1. The van der Waals surface area contributed by atoms with Gasteiger partial charge < -0.3 is 10.6 Å². The number of carbonyl (C=O) groups excluding carboxylic acids is 1. The van der Waals surface area contributed by atoms with Crippen LogP contribution in [0.1, 0.15) is 12.5 Å². The standard InChI is InChI=1S/C15H15BrN2O/c1-11(19)18-15-5-3-2-4-12(15)10-17-14-8-6-13(16)7-9-14/h2-9,17H,10H2,1H3,(H,18,19). The van der Waals surface area contributed by atoms with Crippen LogP contribution in [0.5, 0.6) is 0 Å². The van der Waals surface area contributed by atoms with E-state index >= 15 is 0 Å². The van der Waals surface area contributed by atoms with Gasteiger partial charge in [-0.1, -0.05) is 34.1 Å². The predicted octanol–water partition coefficient (Wildman–Crippen LogP) is 4.02.